The van der Waals surface area contributed by atoms with E-state index >= 15 is 0 Å². The molecule has 0 fully saturated rings. The molecule has 0 aliphatic carbocycles. The number of ether oxygens (including phenoxy) is 1. The van der Waals surface area contributed by atoms with Gasteiger partial charge in [-0.1, -0.05) is 6.07 Å². The van der Waals surface area contributed by atoms with E-state index in [1.807, 2.05) is 13.4 Å². The summed E-state index contributed by atoms with van der Waals surface area (Å²) in [5, 5.41) is 2.19. The molecule has 0 bridgehead atoms. The number of hydrogen-bond acceptors (Lipinski definition) is 3. The third-order valence-electron chi connectivity index (χ3n) is 4.30. The van der Waals surface area contributed by atoms with Gasteiger partial charge in [0.2, 0.25) is 0 Å². The van der Waals surface area contributed by atoms with Crippen LogP contribution in [0.1, 0.15) is 40.2 Å². The fraction of sp³-hybridized carbons (Fsp3) is 0.421. The van der Waals surface area contributed by atoms with Gasteiger partial charge in [0.15, 0.2) is 0 Å². The van der Waals surface area contributed by atoms with Crippen LogP contribution in [0.25, 0.3) is 0 Å². The van der Waals surface area contributed by atoms with Crippen LogP contribution in [0.5, 0.6) is 0 Å². The maximum atomic E-state index is 6.08. The van der Waals surface area contributed by atoms with Crippen molar-refractivity contribution in [3.8, 4) is 0 Å². The molecule has 1 aliphatic rings. The normalized spacial score (nSPS) is 17.5. The molecule has 3 nitrogen and oxygen atoms in total. The van der Waals surface area contributed by atoms with Crippen LogP contribution in [-0.4, -0.2) is 31.4 Å². The molecule has 2 heterocycles. The van der Waals surface area contributed by atoms with Crippen molar-refractivity contribution in [3.63, 3.8) is 0 Å². The van der Waals surface area contributed by atoms with E-state index in [1.165, 1.54) is 27.1 Å². The van der Waals surface area contributed by atoms with Crippen molar-refractivity contribution in [2.75, 3.05) is 20.2 Å². The maximum absolute atomic E-state index is 6.08. The number of aliphatic imine (C=N–C) groups is 1. The fourth-order valence-electron chi connectivity index (χ4n) is 2.81. The highest BCUT2D eigenvalue weighted by atomic mass is 32.1. The smallest absolute Gasteiger partial charge is 0.117 e. The molecule has 1 aliphatic heterocycles. The highest BCUT2D eigenvalue weighted by Crippen LogP contribution is 2.38. The number of hydrogen-bond donors (Lipinski definition) is 0. The summed E-state index contributed by atoms with van der Waals surface area (Å²) in [7, 11) is 2.04. The standard InChI is InChI=1S/C19H24N2OS/c1-5-21(4)12-20-17-10-15-6-7-22-19(16(15)9-14(17)3)18-8-13(2)11-23-18/h8-12,19H,5-7H2,1-4H3. The number of rotatable bonds is 4. The van der Waals surface area contributed by atoms with Crippen LogP contribution >= 0.6 is 11.3 Å². The SMILES string of the molecule is CCN(C)C=Nc1cc2c(cc1C)C(c1cc(C)cs1)OCC2. The van der Waals surface area contributed by atoms with E-state index in [9.17, 15) is 0 Å². The molecule has 0 saturated heterocycles. The van der Waals surface area contributed by atoms with Gasteiger partial charge in [-0.15, -0.1) is 11.3 Å². The molecule has 4 heteroatoms. The molecule has 23 heavy (non-hydrogen) atoms. The Kier molecular flexibility index (Phi) is 4.83. The number of benzene rings is 1. The molecular weight excluding hydrogens is 304 g/mol. The molecule has 0 radical (unpaired) electrons. The van der Waals surface area contributed by atoms with Gasteiger partial charge >= 0.3 is 0 Å². The Morgan fingerprint density at radius 3 is 2.87 bits per heavy atom. The van der Waals surface area contributed by atoms with E-state index in [0.29, 0.717) is 0 Å². The Bertz CT molecular complexity index is 720. The van der Waals surface area contributed by atoms with E-state index < -0.39 is 0 Å². The number of aryl methyl sites for hydroxylation is 2. The largest absolute Gasteiger partial charge is 0.368 e. The second-order valence-corrected chi connectivity index (χ2v) is 7.13. The molecular formula is C19H24N2OS. The number of thiophene rings is 1. The van der Waals surface area contributed by atoms with E-state index in [0.717, 1.165) is 25.3 Å². The molecule has 1 unspecified atom stereocenters. The van der Waals surface area contributed by atoms with Crippen LogP contribution in [0.2, 0.25) is 0 Å². The lowest BCUT2D eigenvalue weighted by molar-refractivity contribution is 0.0721. The molecule has 3 rings (SSSR count). The van der Waals surface area contributed by atoms with Gasteiger partial charge in [0.1, 0.15) is 6.10 Å². The minimum Gasteiger partial charge on any atom is -0.368 e. The van der Waals surface area contributed by atoms with E-state index in [2.05, 4.69) is 54.2 Å². The Balaban J connectivity index is 1.95. The molecule has 1 aromatic heterocycles. The lowest BCUT2D eigenvalue weighted by Gasteiger charge is -2.26. The first kappa shape index (κ1) is 16.2. The second-order valence-electron chi connectivity index (χ2n) is 6.18. The van der Waals surface area contributed by atoms with E-state index in [1.54, 1.807) is 11.3 Å². The molecule has 0 N–H and O–H groups in total. The number of fused-ring (bicyclic) bond motifs is 1. The van der Waals surface area contributed by atoms with Crippen molar-refractivity contribution >= 4 is 23.4 Å². The summed E-state index contributed by atoms with van der Waals surface area (Å²) in [5.41, 5.74) is 6.24. The first-order valence-corrected chi connectivity index (χ1v) is 9.01. The van der Waals surface area contributed by atoms with E-state index in [-0.39, 0.29) is 6.10 Å². The highest BCUT2D eigenvalue weighted by Gasteiger charge is 2.24. The lowest BCUT2D eigenvalue weighted by Crippen LogP contribution is -2.17. The Morgan fingerprint density at radius 2 is 2.17 bits per heavy atom. The van der Waals surface area contributed by atoms with Crippen LogP contribution in [-0.2, 0) is 11.2 Å². The molecule has 2 aromatic rings. The monoisotopic (exact) mass is 328 g/mol. The average Bonchev–Trinajstić information content (AvgIpc) is 2.98. The van der Waals surface area contributed by atoms with Gasteiger partial charge in [-0.25, -0.2) is 4.99 Å². The third kappa shape index (κ3) is 3.48. The topological polar surface area (TPSA) is 24.8 Å². The molecule has 0 spiro atoms. The summed E-state index contributed by atoms with van der Waals surface area (Å²) in [4.78, 5) is 8.03. The van der Waals surface area contributed by atoms with Crippen LogP contribution in [0.3, 0.4) is 0 Å². The van der Waals surface area contributed by atoms with Crippen LogP contribution in [0.4, 0.5) is 5.69 Å². The van der Waals surface area contributed by atoms with Gasteiger partial charge in [0.05, 0.1) is 18.6 Å². The Morgan fingerprint density at radius 1 is 1.35 bits per heavy atom. The van der Waals surface area contributed by atoms with Crippen molar-refractivity contribution in [2.45, 2.75) is 33.3 Å². The maximum Gasteiger partial charge on any atom is 0.117 e. The minimum absolute atomic E-state index is 0.0764. The summed E-state index contributed by atoms with van der Waals surface area (Å²) >= 11 is 1.79. The molecule has 0 saturated carbocycles. The zero-order valence-electron chi connectivity index (χ0n) is 14.3. The van der Waals surface area contributed by atoms with Gasteiger partial charge in [-0.2, -0.15) is 0 Å². The van der Waals surface area contributed by atoms with Gasteiger partial charge < -0.3 is 9.64 Å². The van der Waals surface area contributed by atoms with Crippen LogP contribution in [0, 0.1) is 13.8 Å². The number of nitrogens with zero attached hydrogens (tertiary/aromatic N) is 2. The van der Waals surface area contributed by atoms with Crippen molar-refractivity contribution in [1.29, 1.82) is 0 Å². The van der Waals surface area contributed by atoms with E-state index in [4.69, 9.17) is 4.74 Å². The van der Waals surface area contributed by atoms with Crippen molar-refractivity contribution in [2.24, 2.45) is 4.99 Å². The highest BCUT2D eigenvalue weighted by molar-refractivity contribution is 7.10. The predicted octanol–water partition coefficient (Wildman–Crippen LogP) is 4.64. The third-order valence-corrected chi connectivity index (χ3v) is 5.39. The summed E-state index contributed by atoms with van der Waals surface area (Å²) in [6, 6.07) is 6.73. The van der Waals surface area contributed by atoms with Crippen LogP contribution in [0.15, 0.2) is 28.6 Å². The van der Waals surface area contributed by atoms with Gasteiger partial charge in [-0.3, -0.25) is 0 Å². The summed E-state index contributed by atoms with van der Waals surface area (Å²) < 4.78 is 6.08. The Hall–Kier alpha value is -1.65. The van der Waals surface area contributed by atoms with Crippen molar-refractivity contribution < 1.29 is 4.74 Å². The first-order chi connectivity index (χ1) is 11.1. The van der Waals surface area contributed by atoms with Crippen molar-refractivity contribution in [3.05, 3.63) is 50.7 Å². The predicted molar refractivity (Wildman–Crippen MR) is 98.2 cm³/mol. The van der Waals surface area contributed by atoms with Gasteiger partial charge in [0.25, 0.3) is 0 Å². The van der Waals surface area contributed by atoms with Gasteiger partial charge in [-0.05, 0) is 67.0 Å². The summed E-state index contributed by atoms with van der Waals surface area (Å²) in [6.07, 6.45) is 2.95. The molecule has 0 amide bonds. The van der Waals surface area contributed by atoms with Gasteiger partial charge in [0, 0.05) is 18.5 Å². The second kappa shape index (κ2) is 6.85. The zero-order chi connectivity index (χ0) is 16.4. The Labute approximate surface area is 142 Å². The zero-order valence-corrected chi connectivity index (χ0v) is 15.1. The summed E-state index contributed by atoms with van der Waals surface area (Å²) in [5.74, 6) is 0. The minimum atomic E-state index is 0.0764. The quantitative estimate of drug-likeness (QED) is 0.603. The first-order valence-electron chi connectivity index (χ1n) is 8.13. The molecule has 1 aromatic carbocycles. The fourth-order valence-corrected chi connectivity index (χ4v) is 3.77. The van der Waals surface area contributed by atoms with Crippen LogP contribution < -0.4 is 0 Å². The molecule has 122 valence electrons. The molecule has 1 atom stereocenters. The lowest BCUT2D eigenvalue weighted by atomic mass is 9.93. The summed E-state index contributed by atoms with van der Waals surface area (Å²) in [6.45, 7) is 8.12. The van der Waals surface area contributed by atoms with Crippen molar-refractivity contribution in [1.82, 2.24) is 4.90 Å². The average molecular weight is 328 g/mol.